The fraction of sp³-hybridized carbons (Fsp3) is 0.750. The first-order chi connectivity index (χ1) is 7.31. The summed E-state index contributed by atoms with van der Waals surface area (Å²) in [4.78, 5) is 0. The van der Waals surface area contributed by atoms with Gasteiger partial charge in [0.15, 0.2) is 0 Å². The van der Waals surface area contributed by atoms with E-state index in [0.29, 0.717) is 0 Å². The summed E-state index contributed by atoms with van der Waals surface area (Å²) in [5.41, 5.74) is 1.31. The van der Waals surface area contributed by atoms with Gasteiger partial charge in [-0.1, -0.05) is 6.92 Å². The van der Waals surface area contributed by atoms with Gasteiger partial charge >= 0.3 is 0 Å². The van der Waals surface area contributed by atoms with Crippen molar-refractivity contribution < 1.29 is 0 Å². The minimum atomic E-state index is 0.748. The van der Waals surface area contributed by atoms with Crippen molar-refractivity contribution >= 4 is 0 Å². The molecule has 1 fully saturated rings. The van der Waals surface area contributed by atoms with Crippen molar-refractivity contribution in [3.8, 4) is 0 Å². The number of aryl methyl sites for hydroxylation is 1. The van der Waals surface area contributed by atoms with Gasteiger partial charge in [-0.25, -0.2) is 0 Å². The maximum Gasteiger partial charge on any atom is 0.0492 e. The maximum absolute atomic E-state index is 4.17. The first kappa shape index (κ1) is 10.7. The number of nitrogens with zero attached hydrogens (tertiary/aromatic N) is 2. The Morgan fingerprint density at radius 2 is 2.40 bits per heavy atom. The van der Waals surface area contributed by atoms with E-state index in [-0.39, 0.29) is 0 Å². The highest BCUT2D eigenvalue weighted by molar-refractivity contribution is 5.00. The van der Waals surface area contributed by atoms with E-state index in [2.05, 4.69) is 23.4 Å². The molecule has 1 heterocycles. The largest absolute Gasteiger partial charge is 0.313 e. The van der Waals surface area contributed by atoms with Crippen molar-refractivity contribution in [2.75, 3.05) is 6.54 Å². The molecule has 15 heavy (non-hydrogen) atoms. The lowest BCUT2D eigenvalue weighted by atomic mass is 10.1. The molecule has 3 heteroatoms. The number of aromatic nitrogens is 2. The normalized spacial score (nSPS) is 18.0. The quantitative estimate of drug-likeness (QED) is 0.770. The van der Waals surface area contributed by atoms with Gasteiger partial charge in [-0.05, 0) is 31.2 Å². The number of nitrogens with one attached hydrogen (secondary N) is 1. The van der Waals surface area contributed by atoms with Crippen molar-refractivity contribution in [1.82, 2.24) is 15.1 Å². The van der Waals surface area contributed by atoms with E-state index in [1.54, 1.807) is 0 Å². The summed E-state index contributed by atoms with van der Waals surface area (Å²) in [6.45, 7) is 3.36. The van der Waals surface area contributed by atoms with Gasteiger partial charge in [0.25, 0.3) is 0 Å². The first-order valence-corrected chi connectivity index (χ1v) is 6.01. The third kappa shape index (κ3) is 2.81. The van der Waals surface area contributed by atoms with Crippen LogP contribution in [0, 0.1) is 5.92 Å². The molecule has 1 aromatic rings. The van der Waals surface area contributed by atoms with Crippen LogP contribution < -0.4 is 5.32 Å². The van der Waals surface area contributed by atoms with Crippen molar-refractivity contribution in [3.05, 3.63) is 18.0 Å². The second kappa shape index (κ2) is 4.79. The summed E-state index contributed by atoms with van der Waals surface area (Å²) in [6.07, 6.45) is 7.07. The van der Waals surface area contributed by atoms with Crippen LogP contribution in [0.15, 0.2) is 12.3 Å². The van der Waals surface area contributed by atoms with Crippen LogP contribution in [0.1, 0.15) is 31.9 Å². The Hall–Kier alpha value is -0.830. The van der Waals surface area contributed by atoms with Crippen molar-refractivity contribution in [3.63, 3.8) is 0 Å². The van der Waals surface area contributed by atoms with E-state index in [1.165, 1.54) is 25.0 Å². The van der Waals surface area contributed by atoms with Crippen LogP contribution in [0.25, 0.3) is 0 Å². The molecule has 1 saturated carbocycles. The summed E-state index contributed by atoms with van der Waals surface area (Å²) >= 11 is 0. The number of hydrogen-bond donors (Lipinski definition) is 1. The van der Waals surface area contributed by atoms with Gasteiger partial charge in [0, 0.05) is 37.9 Å². The molecule has 84 valence electrons. The molecule has 1 aliphatic rings. The molecular weight excluding hydrogens is 186 g/mol. The highest BCUT2D eigenvalue weighted by atomic mass is 15.3. The zero-order chi connectivity index (χ0) is 10.7. The first-order valence-electron chi connectivity index (χ1n) is 6.01. The van der Waals surface area contributed by atoms with Crippen LogP contribution in [0.2, 0.25) is 0 Å². The molecule has 0 amide bonds. The molecular formula is C12H21N3. The van der Waals surface area contributed by atoms with E-state index < -0.39 is 0 Å². The molecule has 1 atom stereocenters. The predicted octanol–water partition coefficient (Wildman–Crippen LogP) is 1.74. The van der Waals surface area contributed by atoms with Gasteiger partial charge < -0.3 is 5.32 Å². The lowest BCUT2D eigenvalue weighted by Crippen LogP contribution is -2.32. The second-order valence-electron chi connectivity index (χ2n) is 4.50. The number of hydrogen-bond acceptors (Lipinski definition) is 2. The Morgan fingerprint density at radius 3 is 2.93 bits per heavy atom. The van der Waals surface area contributed by atoms with E-state index in [1.807, 2.05) is 17.9 Å². The molecule has 2 rings (SSSR count). The second-order valence-corrected chi connectivity index (χ2v) is 4.50. The maximum atomic E-state index is 4.17. The highest BCUT2D eigenvalue weighted by Gasteiger charge is 2.29. The minimum Gasteiger partial charge on any atom is -0.313 e. The van der Waals surface area contributed by atoms with E-state index in [9.17, 15) is 0 Å². The van der Waals surface area contributed by atoms with E-state index in [0.717, 1.165) is 24.9 Å². The molecule has 1 aromatic heterocycles. The Morgan fingerprint density at radius 1 is 1.60 bits per heavy atom. The van der Waals surface area contributed by atoms with Crippen LogP contribution in [0.4, 0.5) is 0 Å². The average molecular weight is 207 g/mol. The van der Waals surface area contributed by atoms with Gasteiger partial charge in [0.05, 0.1) is 0 Å². The van der Waals surface area contributed by atoms with Gasteiger partial charge in [-0.3, -0.25) is 4.68 Å². The van der Waals surface area contributed by atoms with Crippen LogP contribution in [0.3, 0.4) is 0 Å². The van der Waals surface area contributed by atoms with Gasteiger partial charge in [0.2, 0.25) is 0 Å². The fourth-order valence-electron chi connectivity index (χ4n) is 2.18. The topological polar surface area (TPSA) is 29.9 Å². The average Bonchev–Trinajstić information content (AvgIpc) is 2.99. The molecule has 0 spiro atoms. The van der Waals surface area contributed by atoms with Crippen LogP contribution in [0.5, 0.6) is 0 Å². The molecule has 0 aromatic carbocycles. The van der Waals surface area contributed by atoms with Crippen LogP contribution in [-0.2, 0) is 13.5 Å². The zero-order valence-electron chi connectivity index (χ0n) is 9.74. The Bertz CT molecular complexity index is 302. The summed E-state index contributed by atoms with van der Waals surface area (Å²) in [5, 5.41) is 7.83. The van der Waals surface area contributed by atoms with Crippen LogP contribution >= 0.6 is 0 Å². The van der Waals surface area contributed by atoms with Gasteiger partial charge in [-0.15, -0.1) is 0 Å². The molecule has 1 unspecified atom stereocenters. The van der Waals surface area contributed by atoms with Crippen molar-refractivity contribution in [2.45, 2.75) is 38.6 Å². The zero-order valence-corrected chi connectivity index (χ0v) is 9.74. The fourth-order valence-corrected chi connectivity index (χ4v) is 2.18. The molecule has 1 aliphatic carbocycles. The third-order valence-electron chi connectivity index (χ3n) is 3.34. The van der Waals surface area contributed by atoms with Gasteiger partial charge in [-0.2, -0.15) is 5.10 Å². The number of rotatable bonds is 6. The Kier molecular flexibility index (Phi) is 3.41. The Balaban J connectivity index is 1.72. The predicted molar refractivity (Wildman–Crippen MR) is 61.7 cm³/mol. The molecule has 0 saturated heterocycles. The SMILES string of the molecule is CCC(NCCc1ccnn1C)C1CC1. The Labute approximate surface area is 91.9 Å². The van der Waals surface area contributed by atoms with Crippen LogP contribution in [-0.4, -0.2) is 22.4 Å². The van der Waals surface area contributed by atoms with Gasteiger partial charge in [0.1, 0.15) is 0 Å². The highest BCUT2D eigenvalue weighted by Crippen LogP contribution is 2.33. The summed E-state index contributed by atoms with van der Waals surface area (Å²) < 4.78 is 1.96. The van der Waals surface area contributed by atoms with E-state index >= 15 is 0 Å². The molecule has 0 aliphatic heterocycles. The monoisotopic (exact) mass is 207 g/mol. The lowest BCUT2D eigenvalue weighted by Gasteiger charge is -2.15. The minimum absolute atomic E-state index is 0.748. The van der Waals surface area contributed by atoms with E-state index in [4.69, 9.17) is 0 Å². The molecule has 3 nitrogen and oxygen atoms in total. The summed E-state index contributed by atoms with van der Waals surface area (Å²) in [6, 6.07) is 2.85. The summed E-state index contributed by atoms with van der Waals surface area (Å²) in [5.74, 6) is 0.960. The lowest BCUT2D eigenvalue weighted by molar-refractivity contribution is 0.450. The summed E-state index contributed by atoms with van der Waals surface area (Å²) in [7, 11) is 2.01. The molecule has 1 N–H and O–H groups in total. The van der Waals surface area contributed by atoms with Crippen molar-refractivity contribution in [1.29, 1.82) is 0 Å². The molecule has 0 radical (unpaired) electrons. The third-order valence-corrected chi connectivity index (χ3v) is 3.34. The van der Waals surface area contributed by atoms with Crippen molar-refractivity contribution in [2.24, 2.45) is 13.0 Å². The molecule has 0 bridgehead atoms. The standard InChI is InChI=1S/C12H21N3/c1-3-12(10-4-5-10)13-8-6-11-7-9-14-15(11)2/h7,9-10,12-13H,3-6,8H2,1-2H3. The smallest absolute Gasteiger partial charge is 0.0492 e.